The van der Waals surface area contributed by atoms with E-state index in [1.54, 1.807) is 12.1 Å². The Bertz CT molecular complexity index is 1160. The zero-order valence-corrected chi connectivity index (χ0v) is 18.7. The molecule has 1 atom stereocenters. The van der Waals surface area contributed by atoms with Crippen molar-refractivity contribution in [3.8, 4) is 17.2 Å². The normalized spacial score (nSPS) is 19.9. The second-order valence-corrected chi connectivity index (χ2v) is 8.91. The fourth-order valence-electron chi connectivity index (χ4n) is 4.49. The molecule has 0 radical (unpaired) electrons. The molecule has 1 saturated heterocycles. The first-order chi connectivity index (χ1) is 16.4. The highest BCUT2D eigenvalue weighted by Gasteiger charge is 2.42. The van der Waals surface area contributed by atoms with Crippen LogP contribution in [0, 0.1) is 5.41 Å². The molecule has 7 nitrogen and oxygen atoms in total. The number of benzene rings is 2. The summed E-state index contributed by atoms with van der Waals surface area (Å²) in [5.41, 5.74) is 1.77. The summed E-state index contributed by atoms with van der Waals surface area (Å²) in [4.78, 5) is 15.8. The van der Waals surface area contributed by atoms with Gasteiger partial charge in [0.15, 0.2) is 0 Å². The molecule has 1 fully saturated rings. The first-order valence-corrected chi connectivity index (χ1v) is 11.3. The Balaban J connectivity index is 1.49. The van der Waals surface area contributed by atoms with Crippen LogP contribution in [0.25, 0.3) is 11.5 Å². The Labute approximate surface area is 195 Å². The van der Waals surface area contributed by atoms with E-state index >= 15 is 0 Å². The lowest BCUT2D eigenvalue weighted by Gasteiger charge is -2.39. The average Bonchev–Trinajstić information content (AvgIpc) is 3.28. The lowest BCUT2D eigenvalue weighted by molar-refractivity contribution is -0.150. The molecule has 0 bridgehead atoms. The van der Waals surface area contributed by atoms with Crippen molar-refractivity contribution in [2.24, 2.45) is 5.41 Å². The van der Waals surface area contributed by atoms with Crippen molar-refractivity contribution in [1.29, 1.82) is 0 Å². The molecule has 9 heteroatoms. The Morgan fingerprint density at radius 3 is 2.59 bits per heavy atom. The van der Waals surface area contributed by atoms with E-state index in [0.29, 0.717) is 43.9 Å². The molecule has 0 N–H and O–H groups in total. The summed E-state index contributed by atoms with van der Waals surface area (Å²) in [7, 11) is 0. The quantitative estimate of drug-likeness (QED) is 0.538. The fraction of sp³-hybridized carbons (Fsp3) is 0.400. The predicted molar refractivity (Wildman–Crippen MR) is 118 cm³/mol. The van der Waals surface area contributed by atoms with E-state index in [0.717, 1.165) is 11.1 Å². The highest BCUT2D eigenvalue weighted by atomic mass is 19.3. The summed E-state index contributed by atoms with van der Waals surface area (Å²) in [6, 6.07) is 14.8. The van der Waals surface area contributed by atoms with E-state index in [1.807, 2.05) is 48.2 Å². The van der Waals surface area contributed by atoms with Crippen molar-refractivity contribution in [3.05, 3.63) is 65.5 Å². The first-order valence-electron chi connectivity index (χ1n) is 11.3. The third-order valence-electron chi connectivity index (χ3n) is 6.61. The molecule has 3 aromatic rings. The average molecular weight is 469 g/mol. The SMILES string of the molecule is CC1(C(=O)N2Cc3ccc(-c4nnc(C(F)F)o4)cc3OC[C@@H]2c2ccccc2)CCOCC1. The number of fused-ring (bicyclic) bond motifs is 1. The molecule has 1 aromatic heterocycles. The standard InChI is InChI=1S/C25H25F2N3O4/c1-25(9-11-32-12-10-25)24(31)30-14-18-8-7-17(22-28-29-23(34-22)21(26)27)13-20(18)33-15-19(30)16-5-3-2-4-6-16/h2-8,13,19,21H,9-12,14-15H2,1H3/t19-/m1/s1. The molecule has 5 rings (SSSR count). The van der Waals surface area contributed by atoms with Gasteiger partial charge in [0.1, 0.15) is 12.4 Å². The summed E-state index contributed by atoms with van der Waals surface area (Å²) < 4.78 is 42.5. The van der Waals surface area contributed by atoms with Crippen molar-refractivity contribution in [3.63, 3.8) is 0 Å². The smallest absolute Gasteiger partial charge is 0.314 e. The maximum Gasteiger partial charge on any atom is 0.314 e. The van der Waals surface area contributed by atoms with E-state index in [2.05, 4.69) is 10.2 Å². The maximum atomic E-state index is 13.9. The number of rotatable bonds is 4. The van der Waals surface area contributed by atoms with Crippen molar-refractivity contribution >= 4 is 5.91 Å². The van der Waals surface area contributed by atoms with Crippen LogP contribution in [-0.2, 0) is 16.1 Å². The molecule has 2 aliphatic heterocycles. The van der Waals surface area contributed by atoms with Gasteiger partial charge in [-0.1, -0.05) is 43.3 Å². The fourth-order valence-corrected chi connectivity index (χ4v) is 4.49. The highest BCUT2D eigenvalue weighted by molar-refractivity contribution is 5.83. The van der Waals surface area contributed by atoms with Crippen LogP contribution in [0.4, 0.5) is 8.78 Å². The lowest BCUT2D eigenvalue weighted by atomic mass is 9.80. The number of halogens is 2. The largest absolute Gasteiger partial charge is 0.491 e. The summed E-state index contributed by atoms with van der Waals surface area (Å²) in [5.74, 6) is -0.101. The predicted octanol–water partition coefficient (Wildman–Crippen LogP) is 4.95. The zero-order chi connectivity index (χ0) is 23.7. The monoisotopic (exact) mass is 469 g/mol. The third kappa shape index (κ3) is 4.27. The van der Waals surface area contributed by atoms with Crippen LogP contribution < -0.4 is 4.74 Å². The van der Waals surface area contributed by atoms with Gasteiger partial charge >= 0.3 is 6.43 Å². The molecule has 2 aromatic carbocycles. The van der Waals surface area contributed by atoms with Gasteiger partial charge in [-0.25, -0.2) is 0 Å². The number of amides is 1. The van der Waals surface area contributed by atoms with Crippen LogP contribution in [0.1, 0.15) is 49.3 Å². The van der Waals surface area contributed by atoms with E-state index in [1.165, 1.54) is 0 Å². The number of nitrogens with zero attached hydrogens (tertiary/aromatic N) is 3. The van der Waals surface area contributed by atoms with Gasteiger partial charge in [-0.05, 0) is 30.5 Å². The summed E-state index contributed by atoms with van der Waals surface area (Å²) in [5, 5.41) is 7.13. The molecule has 0 aliphatic carbocycles. The highest BCUT2D eigenvalue weighted by Crippen LogP contribution is 2.39. The lowest BCUT2D eigenvalue weighted by Crippen LogP contribution is -2.47. The van der Waals surface area contributed by atoms with E-state index in [4.69, 9.17) is 13.9 Å². The van der Waals surface area contributed by atoms with Crippen LogP contribution in [0.5, 0.6) is 5.75 Å². The number of hydrogen-bond donors (Lipinski definition) is 0. The van der Waals surface area contributed by atoms with Gasteiger partial charge < -0.3 is 18.8 Å². The minimum Gasteiger partial charge on any atom is -0.491 e. The summed E-state index contributed by atoms with van der Waals surface area (Å²) in [6.45, 7) is 3.74. The number of hydrogen-bond acceptors (Lipinski definition) is 6. The van der Waals surface area contributed by atoms with Gasteiger partial charge in [-0.3, -0.25) is 4.79 Å². The van der Waals surface area contributed by atoms with Crippen LogP contribution in [0.15, 0.2) is 52.9 Å². The Hall–Kier alpha value is -3.33. The number of alkyl halides is 2. The van der Waals surface area contributed by atoms with Crippen molar-refractivity contribution in [2.75, 3.05) is 19.8 Å². The first kappa shape index (κ1) is 22.5. The van der Waals surface area contributed by atoms with Gasteiger partial charge in [0.25, 0.3) is 5.89 Å². The van der Waals surface area contributed by atoms with Crippen molar-refractivity contribution < 1.29 is 27.5 Å². The van der Waals surface area contributed by atoms with E-state index in [9.17, 15) is 13.6 Å². The zero-order valence-electron chi connectivity index (χ0n) is 18.7. The Kier molecular flexibility index (Phi) is 6.03. The Morgan fingerprint density at radius 1 is 1.12 bits per heavy atom. The van der Waals surface area contributed by atoms with Gasteiger partial charge in [0.05, 0.1) is 18.0 Å². The molecule has 0 saturated carbocycles. The number of aromatic nitrogens is 2. The summed E-state index contributed by atoms with van der Waals surface area (Å²) in [6.07, 6.45) is -1.50. The van der Waals surface area contributed by atoms with Gasteiger partial charge in [-0.2, -0.15) is 8.78 Å². The van der Waals surface area contributed by atoms with Crippen molar-refractivity contribution in [2.45, 2.75) is 38.8 Å². The number of carbonyl (C=O) groups excluding carboxylic acids is 1. The second kappa shape index (κ2) is 9.13. The molecule has 0 spiro atoms. The third-order valence-corrected chi connectivity index (χ3v) is 6.61. The van der Waals surface area contributed by atoms with E-state index in [-0.39, 0.29) is 24.4 Å². The molecular formula is C25H25F2N3O4. The topological polar surface area (TPSA) is 77.7 Å². The van der Waals surface area contributed by atoms with Gasteiger partial charge in [-0.15, -0.1) is 10.2 Å². The Morgan fingerprint density at radius 2 is 1.88 bits per heavy atom. The van der Waals surface area contributed by atoms with Crippen LogP contribution in [0.3, 0.4) is 0 Å². The molecule has 2 aliphatic rings. The molecule has 3 heterocycles. The van der Waals surface area contributed by atoms with Crippen LogP contribution in [0.2, 0.25) is 0 Å². The maximum absolute atomic E-state index is 13.9. The number of ether oxygens (including phenoxy) is 2. The molecular weight excluding hydrogens is 444 g/mol. The van der Waals surface area contributed by atoms with Crippen molar-refractivity contribution in [1.82, 2.24) is 15.1 Å². The molecule has 0 unspecified atom stereocenters. The van der Waals surface area contributed by atoms with Gasteiger partial charge in [0.2, 0.25) is 11.8 Å². The van der Waals surface area contributed by atoms with Crippen LogP contribution >= 0.6 is 0 Å². The minimum absolute atomic E-state index is 0.00629. The van der Waals surface area contributed by atoms with Crippen LogP contribution in [-0.4, -0.2) is 40.8 Å². The summed E-state index contributed by atoms with van der Waals surface area (Å²) >= 11 is 0. The van der Waals surface area contributed by atoms with E-state index < -0.39 is 17.7 Å². The second-order valence-electron chi connectivity index (χ2n) is 8.91. The molecule has 178 valence electrons. The minimum atomic E-state index is -2.84. The number of carbonyl (C=O) groups is 1. The molecule has 34 heavy (non-hydrogen) atoms. The molecule has 1 amide bonds. The van der Waals surface area contributed by atoms with Gasteiger partial charge in [0, 0.05) is 24.3 Å².